The van der Waals surface area contributed by atoms with Crippen LogP contribution in [0.4, 0.5) is 0 Å². The second-order valence-electron chi connectivity index (χ2n) is 4.75. The van der Waals surface area contributed by atoms with Crippen LogP contribution in [-0.2, 0) is 15.4 Å². The molecule has 0 heterocycles. The summed E-state index contributed by atoms with van der Waals surface area (Å²) in [6.45, 7) is 11.2. The largest absolute Gasteiger partial charge is 0.279 e. The highest BCUT2D eigenvalue weighted by Gasteiger charge is 2.22. The zero-order chi connectivity index (χ0) is 13.3. The molecule has 0 amide bonds. The fourth-order valence-corrected chi connectivity index (χ4v) is 2.92. The van der Waals surface area contributed by atoms with Crippen molar-refractivity contribution in [1.82, 2.24) is 4.72 Å². The molecular weight excluding hydrogens is 234 g/mol. The molecule has 0 aliphatic rings. The fourth-order valence-electron chi connectivity index (χ4n) is 2.01. The van der Waals surface area contributed by atoms with Crippen molar-refractivity contribution in [2.75, 3.05) is 6.61 Å². The van der Waals surface area contributed by atoms with Gasteiger partial charge in [-0.2, -0.15) is 0 Å². The Morgan fingerprint density at radius 3 is 2.35 bits per heavy atom. The molecule has 0 spiro atoms. The summed E-state index contributed by atoms with van der Waals surface area (Å²) >= 11 is -1.34. The highest BCUT2D eigenvalue weighted by atomic mass is 32.2. The predicted molar refractivity (Wildman–Crippen MR) is 74.8 cm³/mol. The Bertz CT molecular complexity index is 212. The van der Waals surface area contributed by atoms with E-state index in [1.165, 1.54) is 19.3 Å². The van der Waals surface area contributed by atoms with Crippen molar-refractivity contribution in [1.29, 1.82) is 0 Å². The van der Waals surface area contributed by atoms with E-state index in [9.17, 15) is 4.21 Å². The van der Waals surface area contributed by atoms with E-state index in [4.69, 9.17) is 4.18 Å². The summed E-state index contributed by atoms with van der Waals surface area (Å²) in [4.78, 5) is 0. The Balaban J connectivity index is 4.18. The first-order valence-corrected chi connectivity index (χ1v) is 7.95. The highest BCUT2D eigenvalue weighted by molar-refractivity contribution is 7.78. The molecule has 2 unspecified atom stereocenters. The molecule has 104 valence electrons. The maximum Gasteiger partial charge on any atom is 0.234 e. The molecule has 0 aromatic heterocycles. The fraction of sp³-hybridized carbons (Fsp3) is 1.00. The normalized spacial score (nSPS) is 18.6. The number of hydrogen-bond donors (Lipinski definition) is 1. The Morgan fingerprint density at radius 2 is 1.88 bits per heavy atom. The minimum absolute atomic E-state index is 0.272. The lowest BCUT2D eigenvalue weighted by Gasteiger charge is -2.28. The zero-order valence-electron chi connectivity index (χ0n) is 12.0. The van der Waals surface area contributed by atoms with Crippen LogP contribution in [0.1, 0.15) is 60.3 Å². The van der Waals surface area contributed by atoms with Crippen LogP contribution < -0.4 is 4.72 Å². The first kappa shape index (κ1) is 17.1. The molecule has 3 nitrogen and oxygen atoms in total. The third-order valence-corrected chi connectivity index (χ3v) is 4.40. The van der Waals surface area contributed by atoms with Gasteiger partial charge in [-0.25, -0.2) is 8.93 Å². The lowest BCUT2D eigenvalue weighted by atomic mass is 9.85. The van der Waals surface area contributed by atoms with Gasteiger partial charge in [-0.1, -0.05) is 47.0 Å². The van der Waals surface area contributed by atoms with Gasteiger partial charge in [0.15, 0.2) is 0 Å². The summed E-state index contributed by atoms with van der Waals surface area (Å²) in [6.07, 6.45) is 4.75. The summed E-state index contributed by atoms with van der Waals surface area (Å²) in [5.41, 5.74) is 0. The minimum atomic E-state index is -1.34. The molecule has 1 N–H and O–H groups in total. The van der Waals surface area contributed by atoms with Crippen LogP contribution in [0.2, 0.25) is 0 Å². The number of nitrogens with one attached hydrogen (secondary N) is 1. The molecule has 0 aromatic carbocycles. The molecule has 0 radical (unpaired) electrons. The Hall–Kier alpha value is 0.0700. The number of rotatable bonds is 10. The Kier molecular flexibility index (Phi) is 10.1. The van der Waals surface area contributed by atoms with Crippen LogP contribution in [0, 0.1) is 11.8 Å². The van der Waals surface area contributed by atoms with Gasteiger partial charge in [0.25, 0.3) is 0 Å². The number of hydrogen-bond acceptors (Lipinski definition) is 2. The summed E-state index contributed by atoms with van der Waals surface area (Å²) in [7, 11) is 0. The van der Waals surface area contributed by atoms with Gasteiger partial charge >= 0.3 is 0 Å². The van der Waals surface area contributed by atoms with E-state index in [0.717, 1.165) is 6.42 Å². The van der Waals surface area contributed by atoms with E-state index >= 15 is 0 Å². The molecule has 0 bridgehead atoms. The van der Waals surface area contributed by atoms with Crippen molar-refractivity contribution in [2.24, 2.45) is 11.8 Å². The van der Waals surface area contributed by atoms with Crippen molar-refractivity contribution in [3.8, 4) is 0 Å². The third-order valence-electron chi connectivity index (χ3n) is 3.46. The molecule has 4 heteroatoms. The van der Waals surface area contributed by atoms with Gasteiger partial charge in [0.05, 0.1) is 6.61 Å². The van der Waals surface area contributed by atoms with Gasteiger partial charge in [0.2, 0.25) is 11.3 Å². The maximum atomic E-state index is 11.5. The average molecular weight is 263 g/mol. The van der Waals surface area contributed by atoms with Gasteiger partial charge in [0.1, 0.15) is 0 Å². The summed E-state index contributed by atoms with van der Waals surface area (Å²) in [6, 6.07) is 0.272. The second kappa shape index (κ2) is 10.0. The Morgan fingerprint density at radius 1 is 1.24 bits per heavy atom. The van der Waals surface area contributed by atoms with E-state index in [1.54, 1.807) is 0 Å². The van der Waals surface area contributed by atoms with Crippen LogP contribution in [0.5, 0.6) is 0 Å². The van der Waals surface area contributed by atoms with Crippen LogP contribution in [0.3, 0.4) is 0 Å². The molecule has 0 aliphatic heterocycles. The lowest BCUT2D eigenvalue weighted by molar-refractivity contribution is 0.276. The van der Waals surface area contributed by atoms with E-state index in [1.807, 2.05) is 6.92 Å². The van der Waals surface area contributed by atoms with Crippen molar-refractivity contribution in [3.05, 3.63) is 0 Å². The third kappa shape index (κ3) is 7.17. The van der Waals surface area contributed by atoms with Crippen molar-refractivity contribution >= 4 is 11.3 Å². The zero-order valence-corrected chi connectivity index (χ0v) is 12.8. The molecule has 0 rings (SSSR count). The lowest BCUT2D eigenvalue weighted by Crippen LogP contribution is -2.39. The van der Waals surface area contributed by atoms with E-state index in [-0.39, 0.29) is 6.04 Å². The number of unbranched alkanes of at least 4 members (excludes halogenated alkanes) is 1. The average Bonchev–Trinajstić information content (AvgIpc) is 2.32. The van der Waals surface area contributed by atoms with Crippen molar-refractivity contribution in [3.63, 3.8) is 0 Å². The monoisotopic (exact) mass is 263 g/mol. The van der Waals surface area contributed by atoms with Gasteiger partial charge in [-0.3, -0.25) is 4.18 Å². The first-order chi connectivity index (χ1) is 8.06. The summed E-state index contributed by atoms with van der Waals surface area (Å²) in [5, 5.41) is 0. The molecule has 17 heavy (non-hydrogen) atoms. The highest BCUT2D eigenvalue weighted by Crippen LogP contribution is 2.22. The van der Waals surface area contributed by atoms with Gasteiger partial charge in [0, 0.05) is 6.04 Å². The van der Waals surface area contributed by atoms with Crippen molar-refractivity contribution in [2.45, 2.75) is 66.3 Å². The summed E-state index contributed by atoms with van der Waals surface area (Å²) in [5.74, 6) is 1.18. The molecule has 0 saturated carbocycles. The molecule has 0 aromatic rings. The SMILES string of the molecule is CCCC[C@@H](C)[C@@H](C)C(CC)NS(=O)OCC. The van der Waals surface area contributed by atoms with Gasteiger partial charge < -0.3 is 0 Å². The standard InChI is InChI=1S/C13H29NO2S/c1-6-9-10-11(4)12(5)13(7-2)14-17(15)16-8-3/h11-14H,6-10H2,1-5H3/t11-,12-,13?,17?/m1/s1. The van der Waals surface area contributed by atoms with E-state index in [2.05, 4.69) is 32.4 Å². The predicted octanol–water partition coefficient (Wildman–Crippen LogP) is 3.43. The van der Waals surface area contributed by atoms with Crippen LogP contribution in [0.15, 0.2) is 0 Å². The molecular formula is C13H29NO2S. The smallest absolute Gasteiger partial charge is 0.234 e. The topological polar surface area (TPSA) is 38.3 Å². The molecule has 4 atom stereocenters. The van der Waals surface area contributed by atoms with E-state index < -0.39 is 11.3 Å². The maximum absolute atomic E-state index is 11.5. The quantitative estimate of drug-likeness (QED) is 0.656. The summed E-state index contributed by atoms with van der Waals surface area (Å²) < 4.78 is 19.7. The van der Waals surface area contributed by atoms with Crippen LogP contribution in [-0.4, -0.2) is 16.9 Å². The first-order valence-electron chi connectivity index (χ1n) is 6.87. The van der Waals surface area contributed by atoms with Crippen LogP contribution in [0.25, 0.3) is 0 Å². The van der Waals surface area contributed by atoms with Crippen LogP contribution >= 0.6 is 0 Å². The Labute approximate surface area is 110 Å². The van der Waals surface area contributed by atoms with E-state index in [0.29, 0.717) is 18.4 Å². The van der Waals surface area contributed by atoms with Crippen molar-refractivity contribution < 1.29 is 8.39 Å². The molecule has 0 fully saturated rings. The molecule has 0 saturated heterocycles. The van der Waals surface area contributed by atoms with Gasteiger partial charge in [-0.05, 0) is 25.2 Å². The molecule has 0 aliphatic carbocycles. The minimum Gasteiger partial charge on any atom is -0.279 e. The van der Waals surface area contributed by atoms with Gasteiger partial charge in [-0.15, -0.1) is 0 Å². The second-order valence-corrected chi connectivity index (χ2v) is 5.69.